The van der Waals surface area contributed by atoms with Crippen molar-refractivity contribution in [1.29, 1.82) is 0 Å². The van der Waals surface area contributed by atoms with E-state index >= 15 is 0 Å². The van der Waals surface area contributed by atoms with E-state index in [-0.39, 0.29) is 6.04 Å². The van der Waals surface area contributed by atoms with Gasteiger partial charge in [-0.05, 0) is 37.8 Å². The lowest BCUT2D eigenvalue weighted by molar-refractivity contribution is 0.553. The van der Waals surface area contributed by atoms with Gasteiger partial charge < -0.3 is 10.6 Å². The Morgan fingerprint density at radius 1 is 1.28 bits per heavy atom. The van der Waals surface area contributed by atoms with Crippen LogP contribution in [0.3, 0.4) is 0 Å². The van der Waals surface area contributed by atoms with Crippen molar-refractivity contribution in [3.63, 3.8) is 0 Å². The first-order chi connectivity index (χ1) is 8.74. The number of nitrogens with zero attached hydrogens (tertiary/aromatic N) is 1. The second-order valence-corrected chi connectivity index (χ2v) is 5.45. The SMILES string of the molecule is CCC1CCCCCN1c1ccccc1[C@@H](C)N. The molecule has 2 rings (SSSR count). The molecule has 1 aromatic carbocycles. The van der Waals surface area contributed by atoms with Crippen molar-refractivity contribution >= 4 is 5.69 Å². The van der Waals surface area contributed by atoms with Gasteiger partial charge in [0, 0.05) is 24.3 Å². The van der Waals surface area contributed by atoms with Crippen molar-refractivity contribution in [2.45, 2.75) is 58.0 Å². The minimum atomic E-state index is 0.113. The zero-order valence-electron chi connectivity index (χ0n) is 11.7. The highest BCUT2D eigenvalue weighted by molar-refractivity contribution is 5.55. The molecule has 100 valence electrons. The molecule has 1 unspecified atom stereocenters. The molecule has 0 amide bonds. The maximum absolute atomic E-state index is 6.12. The van der Waals surface area contributed by atoms with Crippen molar-refractivity contribution in [3.05, 3.63) is 29.8 Å². The molecule has 2 nitrogen and oxygen atoms in total. The van der Waals surface area contributed by atoms with E-state index < -0.39 is 0 Å². The zero-order valence-corrected chi connectivity index (χ0v) is 11.7. The number of hydrogen-bond donors (Lipinski definition) is 1. The highest BCUT2D eigenvalue weighted by Crippen LogP contribution is 2.31. The van der Waals surface area contributed by atoms with Gasteiger partial charge in [-0.15, -0.1) is 0 Å². The first-order valence-corrected chi connectivity index (χ1v) is 7.35. The molecule has 1 aromatic rings. The molecule has 0 aliphatic carbocycles. The van der Waals surface area contributed by atoms with Crippen LogP contribution in [-0.4, -0.2) is 12.6 Å². The number of para-hydroxylation sites is 1. The van der Waals surface area contributed by atoms with E-state index in [9.17, 15) is 0 Å². The van der Waals surface area contributed by atoms with E-state index in [1.54, 1.807) is 0 Å². The number of anilines is 1. The second-order valence-electron chi connectivity index (χ2n) is 5.45. The van der Waals surface area contributed by atoms with Gasteiger partial charge in [0.25, 0.3) is 0 Å². The maximum Gasteiger partial charge on any atom is 0.0417 e. The Kier molecular flexibility index (Phi) is 4.65. The van der Waals surface area contributed by atoms with Crippen molar-refractivity contribution < 1.29 is 0 Å². The maximum atomic E-state index is 6.12. The van der Waals surface area contributed by atoms with E-state index in [1.165, 1.54) is 49.9 Å². The lowest BCUT2D eigenvalue weighted by Crippen LogP contribution is -2.35. The Labute approximate surface area is 111 Å². The fraction of sp³-hybridized carbons (Fsp3) is 0.625. The van der Waals surface area contributed by atoms with Gasteiger partial charge in [-0.25, -0.2) is 0 Å². The summed E-state index contributed by atoms with van der Waals surface area (Å²) in [6.45, 7) is 5.57. The molecule has 0 saturated carbocycles. The van der Waals surface area contributed by atoms with Crippen LogP contribution in [-0.2, 0) is 0 Å². The minimum absolute atomic E-state index is 0.113. The Bertz CT molecular complexity index is 373. The molecule has 0 radical (unpaired) electrons. The third-order valence-corrected chi connectivity index (χ3v) is 4.09. The highest BCUT2D eigenvalue weighted by Gasteiger charge is 2.22. The van der Waals surface area contributed by atoms with E-state index in [0.29, 0.717) is 6.04 Å². The van der Waals surface area contributed by atoms with E-state index in [2.05, 4.69) is 43.0 Å². The molecule has 18 heavy (non-hydrogen) atoms. The van der Waals surface area contributed by atoms with E-state index in [0.717, 1.165) is 0 Å². The number of rotatable bonds is 3. The molecule has 1 fully saturated rings. The molecular formula is C16H26N2. The van der Waals surface area contributed by atoms with Gasteiger partial charge >= 0.3 is 0 Å². The average molecular weight is 246 g/mol. The normalized spacial score (nSPS) is 22.6. The monoisotopic (exact) mass is 246 g/mol. The average Bonchev–Trinajstić information content (AvgIpc) is 2.63. The van der Waals surface area contributed by atoms with Crippen molar-refractivity contribution in [2.24, 2.45) is 5.73 Å². The molecule has 1 heterocycles. The summed E-state index contributed by atoms with van der Waals surface area (Å²) in [5.41, 5.74) is 8.77. The quantitative estimate of drug-likeness (QED) is 0.877. The molecule has 0 spiro atoms. The van der Waals surface area contributed by atoms with Gasteiger partial charge in [-0.3, -0.25) is 0 Å². The van der Waals surface area contributed by atoms with Crippen LogP contribution in [0.1, 0.15) is 57.6 Å². The predicted octanol–water partition coefficient (Wildman–Crippen LogP) is 3.87. The predicted molar refractivity (Wildman–Crippen MR) is 78.9 cm³/mol. The number of hydrogen-bond acceptors (Lipinski definition) is 2. The van der Waals surface area contributed by atoms with Crippen LogP contribution >= 0.6 is 0 Å². The fourth-order valence-corrected chi connectivity index (χ4v) is 3.05. The molecule has 0 aromatic heterocycles. The summed E-state index contributed by atoms with van der Waals surface area (Å²) < 4.78 is 0. The highest BCUT2D eigenvalue weighted by atomic mass is 15.2. The smallest absolute Gasteiger partial charge is 0.0417 e. The van der Waals surface area contributed by atoms with Gasteiger partial charge in [0.15, 0.2) is 0 Å². The summed E-state index contributed by atoms with van der Waals surface area (Å²) in [4.78, 5) is 2.60. The van der Waals surface area contributed by atoms with Crippen LogP contribution < -0.4 is 10.6 Å². The van der Waals surface area contributed by atoms with Crippen LogP contribution in [0.2, 0.25) is 0 Å². The molecule has 0 bridgehead atoms. The first kappa shape index (κ1) is 13.4. The Balaban J connectivity index is 2.32. The summed E-state index contributed by atoms with van der Waals surface area (Å²) in [5.74, 6) is 0. The van der Waals surface area contributed by atoms with Gasteiger partial charge in [-0.1, -0.05) is 38.0 Å². The molecule has 2 atom stereocenters. The van der Waals surface area contributed by atoms with E-state index in [1.807, 2.05) is 0 Å². The van der Waals surface area contributed by atoms with Crippen LogP contribution in [0.5, 0.6) is 0 Å². The van der Waals surface area contributed by atoms with Gasteiger partial charge in [0.2, 0.25) is 0 Å². The topological polar surface area (TPSA) is 29.3 Å². The largest absolute Gasteiger partial charge is 0.368 e. The molecule has 2 N–H and O–H groups in total. The Hall–Kier alpha value is -1.02. The van der Waals surface area contributed by atoms with Crippen LogP contribution in [0.15, 0.2) is 24.3 Å². The van der Waals surface area contributed by atoms with Gasteiger partial charge in [0.1, 0.15) is 0 Å². The summed E-state index contributed by atoms with van der Waals surface area (Å²) in [6.07, 6.45) is 6.60. The van der Waals surface area contributed by atoms with Crippen LogP contribution in [0.4, 0.5) is 5.69 Å². The third kappa shape index (κ3) is 2.86. The lowest BCUT2D eigenvalue weighted by atomic mass is 10.0. The summed E-state index contributed by atoms with van der Waals surface area (Å²) in [7, 11) is 0. The molecule has 1 aliphatic rings. The minimum Gasteiger partial charge on any atom is -0.368 e. The van der Waals surface area contributed by atoms with Crippen molar-refractivity contribution in [2.75, 3.05) is 11.4 Å². The third-order valence-electron chi connectivity index (χ3n) is 4.09. The van der Waals surface area contributed by atoms with Crippen molar-refractivity contribution in [3.8, 4) is 0 Å². The fourth-order valence-electron chi connectivity index (χ4n) is 3.05. The zero-order chi connectivity index (χ0) is 13.0. The summed E-state index contributed by atoms with van der Waals surface area (Å²) >= 11 is 0. The Morgan fingerprint density at radius 3 is 2.78 bits per heavy atom. The van der Waals surface area contributed by atoms with E-state index in [4.69, 9.17) is 5.73 Å². The number of nitrogens with two attached hydrogens (primary N) is 1. The standard InChI is InChI=1S/C16H26N2/c1-3-14-9-5-4-8-12-18(14)16-11-7-6-10-15(16)13(2)17/h6-7,10-11,13-14H,3-5,8-9,12,17H2,1-2H3/t13-,14?/m1/s1. The Morgan fingerprint density at radius 2 is 2.06 bits per heavy atom. The van der Waals surface area contributed by atoms with Gasteiger partial charge in [-0.2, -0.15) is 0 Å². The summed E-state index contributed by atoms with van der Waals surface area (Å²) in [6, 6.07) is 9.46. The molecule has 1 saturated heterocycles. The first-order valence-electron chi connectivity index (χ1n) is 7.35. The molecular weight excluding hydrogens is 220 g/mol. The van der Waals surface area contributed by atoms with Gasteiger partial charge in [0.05, 0.1) is 0 Å². The lowest BCUT2D eigenvalue weighted by Gasteiger charge is -2.33. The molecule has 2 heteroatoms. The van der Waals surface area contributed by atoms with Crippen molar-refractivity contribution in [1.82, 2.24) is 0 Å². The van der Waals surface area contributed by atoms with Crippen LogP contribution in [0.25, 0.3) is 0 Å². The molecule has 1 aliphatic heterocycles. The van der Waals surface area contributed by atoms with Crippen LogP contribution in [0, 0.1) is 0 Å². The number of benzene rings is 1. The summed E-state index contributed by atoms with van der Waals surface area (Å²) in [5, 5.41) is 0. The second kappa shape index (κ2) is 6.24.